The number of ether oxygens (including phenoxy) is 2. The fraction of sp³-hybridized carbons (Fsp3) is 0.160. The van der Waals surface area contributed by atoms with Gasteiger partial charge in [0.05, 0.1) is 24.2 Å². The van der Waals surface area contributed by atoms with E-state index in [1.54, 1.807) is 25.1 Å². The summed E-state index contributed by atoms with van der Waals surface area (Å²) in [5.41, 5.74) is 3.43. The number of hydrogen-bond donors (Lipinski definition) is 2. The van der Waals surface area contributed by atoms with Crippen LogP contribution in [-0.4, -0.2) is 36.2 Å². The summed E-state index contributed by atoms with van der Waals surface area (Å²) in [6.45, 7) is 1.78. The molecule has 0 bridgehead atoms. The minimum Gasteiger partial charge on any atom is -0.490 e. The van der Waals surface area contributed by atoms with Gasteiger partial charge in [-0.2, -0.15) is 5.10 Å². The average Bonchev–Trinajstić information content (AvgIpc) is 2.86. The van der Waals surface area contributed by atoms with Gasteiger partial charge in [-0.05, 0) is 59.3 Å². The van der Waals surface area contributed by atoms with Gasteiger partial charge in [-0.25, -0.2) is 9.82 Å². The Morgan fingerprint density at radius 3 is 2.49 bits per heavy atom. The fourth-order valence-corrected chi connectivity index (χ4v) is 3.55. The SMILES string of the molecule is CCOc1cc(/C=N/NC(=O)Cc2ccccc2[N+](=O)[O-])c(Br)cc1OCC(=O)Nc1ccc(F)cc1. The first-order chi connectivity index (χ1) is 17.8. The molecule has 0 atom stereocenters. The molecule has 2 N–H and O–H groups in total. The summed E-state index contributed by atoms with van der Waals surface area (Å²) in [4.78, 5) is 35.0. The molecule has 0 aromatic heterocycles. The topological polar surface area (TPSA) is 132 Å². The molecule has 2 amide bonds. The molecule has 0 fully saturated rings. The molecule has 12 heteroatoms. The van der Waals surface area contributed by atoms with E-state index in [-0.39, 0.29) is 24.3 Å². The van der Waals surface area contributed by atoms with Gasteiger partial charge in [0.2, 0.25) is 5.91 Å². The molecule has 0 saturated carbocycles. The van der Waals surface area contributed by atoms with Crippen LogP contribution in [0.4, 0.5) is 15.8 Å². The number of nitro groups is 1. The summed E-state index contributed by atoms with van der Waals surface area (Å²) in [6.07, 6.45) is 1.15. The van der Waals surface area contributed by atoms with Crippen LogP contribution in [-0.2, 0) is 16.0 Å². The van der Waals surface area contributed by atoms with Crippen molar-refractivity contribution in [2.45, 2.75) is 13.3 Å². The Bertz CT molecular complexity index is 1320. The van der Waals surface area contributed by atoms with Crippen molar-refractivity contribution in [3.8, 4) is 11.5 Å². The van der Waals surface area contributed by atoms with Gasteiger partial charge in [-0.1, -0.05) is 18.2 Å². The van der Waals surface area contributed by atoms with Crippen molar-refractivity contribution in [3.63, 3.8) is 0 Å². The highest BCUT2D eigenvalue weighted by Crippen LogP contribution is 2.33. The van der Waals surface area contributed by atoms with Crippen molar-refractivity contribution in [1.82, 2.24) is 5.43 Å². The molecule has 192 valence electrons. The fourth-order valence-electron chi connectivity index (χ4n) is 3.13. The van der Waals surface area contributed by atoms with Crippen molar-refractivity contribution in [3.05, 3.63) is 92.2 Å². The Hall–Kier alpha value is -4.32. The van der Waals surface area contributed by atoms with Gasteiger partial charge < -0.3 is 14.8 Å². The molecule has 0 saturated heterocycles. The Morgan fingerprint density at radius 2 is 1.78 bits per heavy atom. The van der Waals surface area contributed by atoms with E-state index < -0.39 is 22.6 Å². The van der Waals surface area contributed by atoms with Gasteiger partial charge in [0.15, 0.2) is 18.1 Å². The molecule has 3 aromatic carbocycles. The number of hydrazone groups is 1. The predicted molar refractivity (Wildman–Crippen MR) is 138 cm³/mol. The minimum absolute atomic E-state index is 0.146. The molecule has 10 nitrogen and oxygen atoms in total. The maximum Gasteiger partial charge on any atom is 0.273 e. The van der Waals surface area contributed by atoms with Crippen LogP contribution in [0.5, 0.6) is 11.5 Å². The Labute approximate surface area is 219 Å². The van der Waals surface area contributed by atoms with E-state index in [4.69, 9.17) is 9.47 Å². The molecule has 0 radical (unpaired) electrons. The molecule has 0 heterocycles. The molecular formula is C25H22BrFN4O6. The zero-order chi connectivity index (χ0) is 26.8. The van der Waals surface area contributed by atoms with E-state index in [0.29, 0.717) is 33.8 Å². The molecule has 3 rings (SSSR count). The summed E-state index contributed by atoms with van der Waals surface area (Å²) < 4.78 is 24.8. The van der Waals surface area contributed by atoms with Crippen LogP contribution in [0.3, 0.4) is 0 Å². The number of benzene rings is 3. The number of nitrogens with one attached hydrogen (secondary N) is 2. The molecule has 0 aliphatic carbocycles. The molecule has 3 aromatic rings. The summed E-state index contributed by atoms with van der Waals surface area (Å²) in [6, 6.07) is 14.5. The number of carbonyl (C=O) groups is 2. The molecule has 0 aliphatic rings. The Balaban J connectivity index is 1.63. The Kier molecular flexibility index (Phi) is 9.67. The number of nitro benzene ring substituents is 1. The van der Waals surface area contributed by atoms with Crippen LogP contribution in [0.1, 0.15) is 18.1 Å². The lowest BCUT2D eigenvalue weighted by Crippen LogP contribution is -2.20. The van der Waals surface area contributed by atoms with Crippen LogP contribution in [0.2, 0.25) is 0 Å². The predicted octanol–water partition coefficient (Wildman–Crippen LogP) is 4.61. The lowest BCUT2D eigenvalue weighted by atomic mass is 10.1. The quantitative estimate of drug-likeness (QED) is 0.196. The van der Waals surface area contributed by atoms with Crippen LogP contribution >= 0.6 is 15.9 Å². The molecule has 0 aliphatic heterocycles. The number of anilines is 1. The summed E-state index contributed by atoms with van der Waals surface area (Å²) in [5, 5.41) is 17.6. The molecule has 0 spiro atoms. The van der Waals surface area contributed by atoms with E-state index in [1.807, 2.05) is 0 Å². The maximum atomic E-state index is 13.0. The van der Waals surface area contributed by atoms with Crippen molar-refractivity contribution < 1.29 is 28.4 Å². The normalized spacial score (nSPS) is 10.7. The van der Waals surface area contributed by atoms with E-state index in [2.05, 4.69) is 31.8 Å². The monoisotopic (exact) mass is 572 g/mol. The van der Waals surface area contributed by atoms with Gasteiger partial charge in [-0.3, -0.25) is 19.7 Å². The number of amides is 2. The number of hydrogen-bond acceptors (Lipinski definition) is 7. The molecule has 37 heavy (non-hydrogen) atoms. The van der Waals surface area contributed by atoms with E-state index in [0.717, 1.165) is 0 Å². The van der Waals surface area contributed by atoms with E-state index >= 15 is 0 Å². The number of para-hydroxylation sites is 1. The third-order valence-corrected chi connectivity index (χ3v) is 5.47. The van der Waals surface area contributed by atoms with Gasteiger partial charge in [0, 0.05) is 27.4 Å². The standard InChI is InChI=1S/C25H22BrFN4O6/c1-2-36-22-11-17(14-28-30-24(32)12-16-5-3-4-6-21(16)31(34)35)20(26)13-23(22)37-15-25(33)29-19-9-7-18(27)8-10-19/h3-11,13-14H,2,12,15H2,1H3,(H,29,33)(H,30,32)/b28-14+. The smallest absolute Gasteiger partial charge is 0.273 e. The zero-order valence-corrected chi connectivity index (χ0v) is 21.2. The van der Waals surface area contributed by atoms with Gasteiger partial charge in [0.25, 0.3) is 11.6 Å². The third kappa shape index (κ3) is 8.10. The number of carbonyl (C=O) groups excluding carboxylic acids is 2. The second-order valence-corrected chi connectivity index (χ2v) is 8.31. The van der Waals surface area contributed by atoms with Crippen molar-refractivity contribution in [1.29, 1.82) is 0 Å². The third-order valence-electron chi connectivity index (χ3n) is 4.78. The lowest BCUT2D eigenvalue weighted by molar-refractivity contribution is -0.385. The largest absolute Gasteiger partial charge is 0.490 e. The van der Waals surface area contributed by atoms with Crippen LogP contribution < -0.4 is 20.2 Å². The Morgan fingerprint density at radius 1 is 1.08 bits per heavy atom. The zero-order valence-electron chi connectivity index (χ0n) is 19.6. The first-order valence-electron chi connectivity index (χ1n) is 11.0. The van der Waals surface area contributed by atoms with Crippen molar-refractivity contribution >= 4 is 45.3 Å². The highest BCUT2D eigenvalue weighted by atomic mass is 79.9. The number of nitrogens with zero attached hydrogens (tertiary/aromatic N) is 2. The highest BCUT2D eigenvalue weighted by molar-refractivity contribution is 9.10. The second-order valence-electron chi connectivity index (χ2n) is 7.45. The first kappa shape index (κ1) is 27.3. The average molecular weight is 573 g/mol. The van der Waals surface area contributed by atoms with E-state index in [9.17, 15) is 24.1 Å². The van der Waals surface area contributed by atoms with Crippen LogP contribution in [0, 0.1) is 15.9 Å². The van der Waals surface area contributed by atoms with Crippen molar-refractivity contribution in [2.75, 3.05) is 18.5 Å². The summed E-state index contributed by atoms with van der Waals surface area (Å²) in [5.74, 6) is -0.756. The van der Waals surface area contributed by atoms with Crippen LogP contribution in [0.25, 0.3) is 0 Å². The van der Waals surface area contributed by atoms with E-state index in [1.165, 1.54) is 48.7 Å². The molecule has 0 unspecified atom stereocenters. The first-order valence-corrected chi connectivity index (χ1v) is 11.7. The summed E-state index contributed by atoms with van der Waals surface area (Å²) in [7, 11) is 0. The van der Waals surface area contributed by atoms with Gasteiger partial charge in [-0.15, -0.1) is 0 Å². The maximum absolute atomic E-state index is 13.0. The van der Waals surface area contributed by atoms with Gasteiger partial charge in [0.1, 0.15) is 5.82 Å². The summed E-state index contributed by atoms with van der Waals surface area (Å²) >= 11 is 3.40. The van der Waals surface area contributed by atoms with Crippen molar-refractivity contribution in [2.24, 2.45) is 5.10 Å². The number of halogens is 2. The van der Waals surface area contributed by atoms with Gasteiger partial charge >= 0.3 is 0 Å². The van der Waals surface area contributed by atoms with Crippen LogP contribution in [0.15, 0.2) is 70.2 Å². The second kappa shape index (κ2) is 13.1. The minimum atomic E-state index is -0.547. The number of rotatable bonds is 11. The lowest BCUT2D eigenvalue weighted by Gasteiger charge is -2.14. The molecular weight excluding hydrogens is 551 g/mol. The highest BCUT2D eigenvalue weighted by Gasteiger charge is 2.16.